The van der Waals surface area contributed by atoms with Gasteiger partial charge in [-0.25, -0.2) is 0 Å². The first-order valence-electron chi connectivity index (χ1n) is 8.59. The van der Waals surface area contributed by atoms with Gasteiger partial charge in [-0.3, -0.25) is 0 Å². The average molecular weight is 320 g/mol. The molecule has 0 bridgehead atoms. The van der Waals surface area contributed by atoms with Crippen LogP contribution in [0.2, 0.25) is 0 Å². The Hall–Kier alpha value is -2.28. The van der Waals surface area contributed by atoms with Crippen LogP contribution >= 0.6 is 0 Å². The highest BCUT2D eigenvalue weighted by Gasteiger charge is 2.10. The second-order valence-corrected chi connectivity index (χ2v) is 6.27. The van der Waals surface area contributed by atoms with Crippen molar-refractivity contribution in [3.05, 3.63) is 75.9 Å². The quantitative estimate of drug-likeness (QED) is 0.570. The molecule has 126 valence electrons. The average Bonchev–Trinajstić information content (AvgIpc) is 2.57. The molecule has 1 nitrogen and oxygen atoms in total. The third kappa shape index (κ3) is 3.97. The molecule has 0 saturated carbocycles. The van der Waals surface area contributed by atoms with E-state index in [0.717, 1.165) is 12.2 Å². The molecule has 0 aromatic heterocycles. The van der Waals surface area contributed by atoms with E-state index < -0.39 is 0 Å². The van der Waals surface area contributed by atoms with Gasteiger partial charge in [0, 0.05) is 0 Å². The summed E-state index contributed by atoms with van der Waals surface area (Å²) in [4.78, 5) is 0. The molecule has 2 rings (SSSR count). The van der Waals surface area contributed by atoms with Crippen LogP contribution in [-0.2, 0) is 0 Å². The zero-order valence-electron chi connectivity index (χ0n) is 15.7. The van der Waals surface area contributed by atoms with Crippen LogP contribution in [0.1, 0.15) is 48.1 Å². The molecule has 0 amide bonds. The Morgan fingerprint density at radius 3 is 2.33 bits per heavy atom. The van der Waals surface area contributed by atoms with E-state index in [4.69, 9.17) is 4.74 Å². The summed E-state index contributed by atoms with van der Waals surface area (Å²) >= 11 is 0. The maximum absolute atomic E-state index is 5.38. The van der Waals surface area contributed by atoms with Crippen LogP contribution in [-0.4, -0.2) is 7.11 Å². The molecule has 2 aromatic rings. The van der Waals surface area contributed by atoms with Crippen molar-refractivity contribution in [3.8, 4) is 5.75 Å². The number of allylic oxidation sites excluding steroid dienone is 3. The van der Waals surface area contributed by atoms with Gasteiger partial charge < -0.3 is 4.74 Å². The summed E-state index contributed by atoms with van der Waals surface area (Å²) in [6.45, 7) is 10.8. The lowest BCUT2D eigenvalue weighted by atomic mass is 9.90. The molecular weight excluding hydrogens is 292 g/mol. The highest BCUT2D eigenvalue weighted by Crippen LogP contribution is 2.31. The van der Waals surface area contributed by atoms with Gasteiger partial charge in [0.05, 0.1) is 7.11 Å². The number of ether oxygens (including phenoxy) is 1. The SMILES string of the molecule is CC=C(/C(=C\c1cc(OC)ccc1C)CC)c1ccc(C)cc1C. The topological polar surface area (TPSA) is 9.23 Å². The van der Waals surface area contributed by atoms with Crippen molar-refractivity contribution in [3.63, 3.8) is 0 Å². The van der Waals surface area contributed by atoms with Gasteiger partial charge >= 0.3 is 0 Å². The van der Waals surface area contributed by atoms with Gasteiger partial charge in [0.1, 0.15) is 5.75 Å². The van der Waals surface area contributed by atoms with E-state index in [-0.39, 0.29) is 0 Å². The van der Waals surface area contributed by atoms with Crippen molar-refractivity contribution < 1.29 is 4.74 Å². The second-order valence-electron chi connectivity index (χ2n) is 6.27. The van der Waals surface area contributed by atoms with Crippen LogP contribution in [0.15, 0.2) is 48.0 Å². The Morgan fingerprint density at radius 2 is 1.75 bits per heavy atom. The maximum Gasteiger partial charge on any atom is 0.119 e. The molecule has 0 aliphatic carbocycles. The van der Waals surface area contributed by atoms with E-state index in [1.807, 2.05) is 6.07 Å². The highest BCUT2D eigenvalue weighted by molar-refractivity contribution is 5.86. The van der Waals surface area contributed by atoms with Gasteiger partial charge in [0.25, 0.3) is 0 Å². The molecule has 0 unspecified atom stereocenters. The third-order valence-corrected chi connectivity index (χ3v) is 4.50. The van der Waals surface area contributed by atoms with E-state index in [2.05, 4.69) is 77.1 Å². The lowest BCUT2D eigenvalue weighted by molar-refractivity contribution is 0.414. The van der Waals surface area contributed by atoms with Crippen molar-refractivity contribution in [1.82, 2.24) is 0 Å². The summed E-state index contributed by atoms with van der Waals surface area (Å²) < 4.78 is 5.38. The van der Waals surface area contributed by atoms with Crippen LogP contribution in [0.25, 0.3) is 11.6 Å². The fraction of sp³-hybridized carbons (Fsp3) is 0.304. The lowest BCUT2D eigenvalue weighted by Crippen LogP contribution is -1.95. The van der Waals surface area contributed by atoms with E-state index in [1.54, 1.807) is 7.11 Å². The number of hydrogen-bond acceptors (Lipinski definition) is 1. The molecule has 0 saturated heterocycles. The molecule has 0 heterocycles. The lowest BCUT2D eigenvalue weighted by Gasteiger charge is -2.15. The normalized spacial score (nSPS) is 12.4. The van der Waals surface area contributed by atoms with Gasteiger partial charge in [-0.15, -0.1) is 0 Å². The molecule has 0 radical (unpaired) electrons. The van der Waals surface area contributed by atoms with Gasteiger partial charge in [0.15, 0.2) is 0 Å². The Kier molecular flexibility index (Phi) is 6.03. The van der Waals surface area contributed by atoms with Crippen LogP contribution in [0.4, 0.5) is 0 Å². The van der Waals surface area contributed by atoms with Gasteiger partial charge in [0.2, 0.25) is 0 Å². The molecule has 0 N–H and O–H groups in total. The summed E-state index contributed by atoms with van der Waals surface area (Å²) in [6.07, 6.45) is 5.51. The molecular formula is C23H28O. The zero-order valence-corrected chi connectivity index (χ0v) is 15.7. The molecule has 0 atom stereocenters. The van der Waals surface area contributed by atoms with Gasteiger partial charge in [-0.05, 0) is 79.6 Å². The standard InChI is InChI=1S/C23H28O/c1-7-19(14-20-15-21(24-6)11-10-17(20)4)22(8-2)23-12-9-16(3)13-18(23)5/h8-15H,7H2,1-6H3/b19-14-,22-8?. The van der Waals surface area contributed by atoms with Crippen molar-refractivity contribution >= 4 is 11.6 Å². The first kappa shape index (κ1) is 18.1. The fourth-order valence-electron chi connectivity index (χ4n) is 3.09. The predicted octanol–water partition coefficient (Wildman–Crippen LogP) is 6.52. The second kappa shape index (κ2) is 8.01. The van der Waals surface area contributed by atoms with Crippen LogP contribution < -0.4 is 4.74 Å². The fourth-order valence-corrected chi connectivity index (χ4v) is 3.09. The van der Waals surface area contributed by atoms with E-state index in [9.17, 15) is 0 Å². The molecule has 0 aliphatic heterocycles. The van der Waals surface area contributed by atoms with Crippen molar-refractivity contribution in [2.45, 2.75) is 41.0 Å². The summed E-state index contributed by atoms with van der Waals surface area (Å²) in [5, 5.41) is 0. The third-order valence-electron chi connectivity index (χ3n) is 4.50. The summed E-state index contributed by atoms with van der Waals surface area (Å²) in [6, 6.07) is 12.9. The Labute approximate surface area is 146 Å². The van der Waals surface area contributed by atoms with Crippen LogP contribution in [0.3, 0.4) is 0 Å². The van der Waals surface area contributed by atoms with E-state index in [1.165, 1.54) is 39.0 Å². The van der Waals surface area contributed by atoms with Gasteiger partial charge in [-0.2, -0.15) is 0 Å². The van der Waals surface area contributed by atoms with Crippen LogP contribution in [0, 0.1) is 20.8 Å². The molecule has 1 heteroatoms. The van der Waals surface area contributed by atoms with Crippen molar-refractivity contribution in [1.29, 1.82) is 0 Å². The van der Waals surface area contributed by atoms with E-state index >= 15 is 0 Å². The minimum Gasteiger partial charge on any atom is -0.497 e. The summed E-state index contributed by atoms with van der Waals surface area (Å²) in [5.74, 6) is 0.899. The molecule has 24 heavy (non-hydrogen) atoms. The van der Waals surface area contributed by atoms with Crippen molar-refractivity contribution in [2.24, 2.45) is 0 Å². The number of benzene rings is 2. The smallest absolute Gasteiger partial charge is 0.119 e. The van der Waals surface area contributed by atoms with Gasteiger partial charge in [-0.1, -0.05) is 48.9 Å². The molecule has 2 aromatic carbocycles. The number of rotatable bonds is 5. The first-order chi connectivity index (χ1) is 11.5. The summed E-state index contributed by atoms with van der Waals surface area (Å²) in [7, 11) is 1.71. The number of aryl methyl sites for hydroxylation is 3. The summed E-state index contributed by atoms with van der Waals surface area (Å²) in [5.41, 5.74) is 9.09. The molecule has 0 spiro atoms. The number of hydrogen-bond donors (Lipinski definition) is 0. The predicted molar refractivity (Wildman–Crippen MR) is 106 cm³/mol. The van der Waals surface area contributed by atoms with Crippen LogP contribution in [0.5, 0.6) is 5.75 Å². The monoisotopic (exact) mass is 320 g/mol. The highest BCUT2D eigenvalue weighted by atomic mass is 16.5. The Morgan fingerprint density at radius 1 is 1.00 bits per heavy atom. The first-order valence-corrected chi connectivity index (χ1v) is 8.59. The minimum atomic E-state index is 0.899. The maximum atomic E-state index is 5.38. The van der Waals surface area contributed by atoms with E-state index in [0.29, 0.717) is 0 Å². The Bertz CT molecular complexity index is 779. The number of methoxy groups -OCH3 is 1. The van der Waals surface area contributed by atoms with Crippen molar-refractivity contribution in [2.75, 3.05) is 7.11 Å². The zero-order chi connectivity index (χ0) is 17.7. The molecule has 0 aliphatic rings. The molecule has 0 fully saturated rings. The largest absolute Gasteiger partial charge is 0.497 e. The minimum absolute atomic E-state index is 0.899. The Balaban J connectivity index is 2.53.